The number of nitrogens with one attached hydrogen (secondary N) is 2. The third-order valence-electron chi connectivity index (χ3n) is 4.81. The van der Waals surface area contributed by atoms with Crippen LogP contribution >= 0.6 is 0 Å². The zero-order valence-corrected chi connectivity index (χ0v) is 15.3. The van der Waals surface area contributed by atoms with Gasteiger partial charge in [0.15, 0.2) is 0 Å². The molecule has 4 amide bonds. The van der Waals surface area contributed by atoms with Gasteiger partial charge in [0, 0.05) is 13.2 Å². The molecule has 9 nitrogen and oxygen atoms in total. The molecule has 27 heavy (non-hydrogen) atoms. The molecule has 0 atom stereocenters. The summed E-state index contributed by atoms with van der Waals surface area (Å²) in [5.74, 6) is -0.345. The zero-order valence-electron chi connectivity index (χ0n) is 15.3. The van der Waals surface area contributed by atoms with Crippen LogP contribution in [0.4, 0.5) is 10.5 Å². The minimum atomic E-state index is -0.821. The summed E-state index contributed by atoms with van der Waals surface area (Å²) in [7, 11) is 1.58. The molecule has 1 spiro atoms. The van der Waals surface area contributed by atoms with E-state index in [1.54, 1.807) is 19.2 Å². The Morgan fingerprint density at radius 1 is 1.26 bits per heavy atom. The van der Waals surface area contributed by atoms with Gasteiger partial charge in [-0.2, -0.15) is 0 Å². The van der Waals surface area contributed by atoms with E-state index in [0.29, 0.717) is 37.6 Å². The number of pyridine rings is 1. The number of urea groups is 1. The second-order valence-corrected chi connectivity index (χ2v) is 6.74. The number of imide groups is 1. The van der Waals surface area contributed by atoms with Crippen molar-refractivity contribution < 1.29 is 23.9 Å². The standard InChI is InChI=1S/C18H24N4O5/c1-26-9-10-27-15-6-5-13(11-19-15)20-14(23)12-22-16(24)18(21-17(22)25)7-3-2-4-8-18/h5-6,11H,2-4,7-10,12H2,1H3,(H,20,23)(H,21,25). The van der Waals surface area contributed by atoms with Crippen LogP contribution in [0.1, 0.15) is 32.1 Å². The van der Waals surface area contributed by atoms with Gasteiger partial charge in [-0.15, -0.1) is 0 Å². The highest BCUT2D eigenvalue weighted by atomic mass is 16.5. The van der Waals surface area contributed by atoms with Gasteiger partial charge in [-0.1, -0.05) is 19.3 Å². The average Bonchev–Trinajstić information content (AvgIpc) is 2.88. The molecule has 2 N–H and O–H groups in total. The van der Waals surface area contributed by atoms with Crippen molar-refractivity contribution in [3.05, 3.63) is 18.3 Å². The molecule has 1 saturated carbocycles. The van der Waals surface area contributed by atoms with Crippen LogP contribution in [0.5, 0.6) is 5.88 Å². The first-order valence-corrected chi connectivity index (χ1v) is 9.06. The van der Waals surface area contributed by atoms with Crippen molar-refractivity contribution >= 4 is 23.5 Å². The van der Waals surface area contributed by atoms with E-state index in [9.17, 15) is 14.4 Å². The highest BCUT2D eigenvalue weighted by molar-refractivity contribution is 6.10. The minimum absolute atomic E-state index is 0.303. The maximum Gasteiger partial charge on any atom is 0.325 e. The lowest BCUT2D eigenvalue weighted by atomic mass is 9.82. The second kappa shape index (κ2) is 8.34. The number of ether oxygens (including phenoxy) is 2. The maximum atomic E-state index is 12.7. The van der Waals surface area contributed by atoms with E-state index in [-0.39, 0.29) is 12.5 Å². The summed E-state index contributed by atoms with van der Waals surface area (Å²) in [6, 6.07) is 2.76. The first kappa shape index (κ1) is 19.1. The van der Waals surface area contributed by atoms with Gasteiger partial charge in [0.1, 0.15) is 18.7 Å². The Hall–Kier alpha value is -2.68. The molecule has 1 aromatic rings. The highest BCUT2D eigenvalue weighted by Crippen LogP contribution is 2.33. The second-order valence-electron chi connectivity index (χ2n) is 6.74. The number of carbonyl (C=O) groups excluding carboxylic acids is 3. The van der Waals surface area contributed by atoms with Crippen LogP contribution in [-0.2, 0) is 14.3 Å². The number of aromatic nitrogens is 1. The fraction of sp³-hybridized carbons (Fsp3) is 0.556. The first-order chi connectivity index (χ1) is 13.0. The fourth-order valence-corrected chi connectivity index (χ4v) is 3.43. The normalized spacial score (nSPS) is 18.5. The van der Waals surface area contributed by atoms with Crippen LogP contribution < -0.4 is 15.4 Å². The maximum absolute atomic E-state index is 12.7. The summed E-state index contributed by atoms with van der Waals surface area (Å²) in [5, 5.41) is 5.43. The van der Waals surface area contributed by atoms with E-state index in [1.807, 2.05) is 0 Å². The number of rotatable bonds is 7. The first-order valence-electron chi connectivity index (χ1n) is 9.06. The lowest BCUT2D eigenvalue weighted by Gasteiger charge is -2.30. The van der Waals surface area contributed by atoms with E-state index in [1.165, 1.54) is 6.20 Å². The number of hydrogen-bond donors (Lipinski definition) is 2. The number of hydrogen-bond acceptors (Lipinski definition) is 6. The zero-order chi connectivity index (χ0) is 19.3. The van der Waals surface area contributed by atoms with Gasteiger partial charge in [-0.3, -0.25) is 14.5 Å². The van der Waals surface area contributed by atoms with Crippen molar-refractivity contribution in [1.29, 1.82) is 0 Å². The molecule has 0 radical (unpaired) electrons. The summed E-state index contributed by atoms with van der Waals surface area (Å²) < 4.78 is 10.2. The van der Waals surface area contributed by atoms with Crippen molar-refractivity contribution in [1.82, 2.24) is 15.2 Å². The Balaban J connectivity index is 1.54. The van der Waals surface area contributed by atoms with Crippen LogP contribution in [0, 0.1) is 0 Å². The highest BCUT2D eigenvalue weighted by Gasteiger charge is 2.51. The Morgan fingerprint density at radius 2 is 2.04 bits per heavy atom. The summed E-state index contributed by atoms with van der Waals surface area (Å²) in [6.45, 7) is 0.509. The summed E-state index contributed by atoms with van der Waals surface area (Å²) in [4.78, 5) is 42.2. The smallest absolute Gasteiger partial charge is 0.325 e. The molecular weight excluding hydrogens is 352 g/mol. The van der Waals surface area contributed by atoms with E-state index >= 15 is 0 Å². The van der Waals surface area contributed by atoms with Crippen molar-refractivity contribution in [2.75, 3.05) is 32.2 Å². The van der Waals surface area contributed by atoms with Gasteiger partial charge in [0.2, 0.25) is 11.8 Å². The predicted molar refractivity (Wildman–Crippen MR) is 96.3 cm³/mol. The van der Waals surface area contributed by atoms with E-state index in [0.717, 1.165) is 24.2 Å². The molecule has 2 fully saturated rings. The molecule has 1 aromatic heterocycles. The average molecular weight is 376 g/mol. The van der Waals surface area contributed by atoms with Crippen LogP contribution in [-0.4, -0.2) is 60.1 Å². The van der Waals surface area contributed by atoms with Gasteiger partial charge in [0.25, 0.3) is 5.91 Å². The molecule has 1 aliphatic carbocycles. The Labute approximate surface area is 157 Å². The molecule has 9 heteroatoms. The lowest BCUT2D eigenvalue weighted by Crippen LogP contribution is -2.48. The number of carbonyl (C=O) groups is 3. The molecule has 2 aliphatic rings. The fourth-order valence-electron chi connectivity index (χ4n) is 3.43. The molecule has 146 valence electrons. The monoisotopic (exact) mass is 376 g/mol. The summed E-state index contributed by atoms with van der Waals surface area (Å²) >= 11 is 0. The Kier molecular flexibility index (Phi) is 5.90. The van der Waals surface area contributed by atoms with Crippen LogP contribution in [0.25, 0.3) is 0 Å². The number of anilines is 1. The van der Waals surface area contributed by atoms with Crippen LogP contribution in [0.3, 0.4) is 0 Å². The number of nitrogens with zero attached hydrogens (tertiary/aromatic N) is 2. The van der Waals surface area contributed by atoms with Crippen molar-refractivity contribution in [2.45, 2.75) is 37.6 Å². The summed E-state index contributed by atoms with van der Waals surface area (Å²) in [6.07, 6.45) is 5.57. The lowest BCUT2D eigenvalue weighted by molar-refractivity contribution is -0.134. The van der Waals surface area contributed by atoms with Crippen molar-refractivity contribution in [3.63, 3.8) is 0 Å². The van der Waals surface area contributed by atoms with Crippen molar-refractivity contribution in [3.8, 4) is 5.88 Å². The number of amides is 4. The molecule has 2 heterocycles. The topological polar surface area (TPSA) is 110 Å². The SMILES string of the molecule is COCCOc1ccc(NC(=O)CN2C(=O)NC3(CCCCC3)C2=O)cn1. The molecule has 0 unspecified atom stereocenters. The Bertz CT molecular complexity index is 700. The van der Waals surface area contributed by atoms with Gasteiger partial charge >= 0.3 is 6.03 Å². The van der Waals surface area contributed by atoms with Gasteiger partial charge in [-0.25, -0.2) is 9.78 Å². The van der Waals surface area contributed by atoms with Gasteiger partial charge in [-0.05, 0) is 18.9 Å². The number of methoxy groups -OCH3 is 1. The van der Waals surface area contributed by atoms with E-state index in [4.69, 9.17) is 9.47 Å². The molecule has 3 rings (SSSR count). The minimum Gasteiger partial charge on any atom is -0.475 e. The van der Waals surface area contributed by atoms with E-state index < -0.39 is 17.5 Å². The molecule has 1 saturated heterocycles. The Morgan fingerprint density at radius 3 is 2.70 bits per heavy atom. The quantitative estimate of drug-likeness (QED) is 0.548. The van der Waals surface area contributed by atoms with E-state index in [2.05, 4.69) is 15.6 Å². The molecular formula is C18H24N4O5. The summed E-state index contributed by atoms with van der Waals surface area (Å²) in [5.41, 5.74) is -0.364. The molecule has 0 bridgehead atoms. The van der Waals surface area contributed by atoms with Crippen LogP contribution in [0.2, 0.25) is 0 Å². The third kappa shape index (κ3) is 4.36. The van der Waals surface area contributed by atoms with Gasteiger partial charge < -0.3 is 20.1 Å². The largest absolute Gasteiger partial charge is 0.475 e. The van der Waals surface area contributed by atoms with Crippen molar-refractivity contribution in [2.24, 2.45) is 0 Å². The predicted octanol–water partition coefficient (Wildman–Crippen LogP) is 1.30. The third-order valence-corrected chi connectivity index (χ3v) is 4.81. The molecule has 0 aromatic carbocycles. The molecule has 1 aliphatic heterocycles. The van der Waals surface area contributed by atoms with Gasteiger partial charge in [0.05, 0.1) is 18.5 Å². The van der Waals surface area contributed by atoms with Crippen LogP contribution in [0.15, 0.2) is 18.3 Å².